The standard InChI is InChI=1S/C14H25N5/c1-11(2)19(4)14-8-13(16-10-17-14)18(3)9-12-6-5-7-15-12/h8,10-12,15H,5-7,9H2,1-4H3. The molecule has 1 saturated heterocycles. The van der Waals surface area contributed by atoms with Crippen molar-refractivity contribution >= 4 is 11.6 Å². The Morgan fingerprint density at radius 3 is 2.68 bits per heavy atom. The minimum Gasteiger partial charge on any atom is -0.358 e. The van der Waals surface area contributed by atoms with Gasteiger partial charge in [-0.1, -0.05) is 0 Å². The number of anilines is 2. The molecule has 0 spiro atoms. The van der Waals surface area contributed by atoms with Crippen LogP contribution in [0, 0.1) is 0 Å². The number of rotatable bonds is 5. The fourth-order valence-electron chi connectivity index (χ4n) is 2.34. The maximum atomic E-state index is 4.38. The van der Waals surface area contributed by atoms with Gasteiger partial charge >= 0.3 is 0 Å². The molecule has 0 bridgehead atoms. The number of aromatic nitrogens is 2. The Bertz CT molecular complexity index is 401. The van der Waals surface area contributed by atoms with Crippen LogP contribution in [0.1, 0.15) is 26.7 Å². The summed E-state index contributed by atoms with van der Waals surface area (Å²) in [5, 5.41) is 3.52. The summed E-state index contributed by atoms with van der Waals surface area (Å²) in [5.74, 6) is 1.97. The molecule has 0 aromatic carbocycles. The van der Waals surface area contributed by atoms with Gasteiger partial charge < -0.3 is 15.1 Å². The van der Waals surface area contributed by atoms with E-state index in [0.29, 0.717) is 12.1 Å². The summed E-state index contributed by atoms with van der Waals surface area (Å²) in [6, 6.07) is 3.09. The second-order valence-electron chi connectivity index (χ2n) is 5.61. The van der Waals surface area contributed by atoms with Crippen LogP contribution in [0.25, 0.3) is 0 Å². The highest BCUT2D eigenvalue weighted by Crippen LogP contribution is 2.18. The first-order valence-corrected chi connectivity index (χ1v) is 7.07. The lowest BCUT2D eigenvalue weighted by Gasteiger charge is -2.25. The van der Waals surface area contributed by atoms with Crippen molar-refractivity contribution in [3.63, 3.8) is 0 Å². The normalized spacial score (nSPS) is 18.9. The quantitative estimate of drug-likeness (QED) is 0.872. The smallest absolute Gasteiger partial charge is 0.134 e. The molecule has 5 heteroatoms. The molecule has 2 rings (SSSR count). The molecule has 1 aliphatic rings. The highest BCUT2D eigenvalue weighted by atomic mass is 15.2. The van der Waals surface area contributed by atoms with Gasteiger partial charge in [0.1, 0.15) is 18.0 Å². The lowest BCUT2D eigenvalue weighted by molar-refractivity contribution is 0.597. The Morgan fingerprint density at radius 2 is 2.05 bits per heavy atom. The summed E-state index contributed by atoms with van der Waals surface area (Å²) in [7, 11) is 4.16. The number of nitrogens with one attached hydrogen (secondary N) is 1. The Morgan fingerprint density at radius 1 is 1.32 bits per heavy atom. The molecule has 106 valence electrons. The molecule has 1 aromatic heterocycles. The zero-order valence-electron chi connectivity index (χ0n) is 12.4. The van der Waals surface area contributed by atoms with Crippen LogP contribution in [0.2, 0.25) is 0 Å². The molecule has 2 heterocycles. The van der Waals surface area contributed by atoms with E-state index in [1.807, 2.05) is 0 Å². The minimum absolute atomic E-state index is 0.435. The Hall–Kier alpha value is -1.36. The third-order valence-electron chi connectivity index (χ3n) is 3.82. The lowest BCUT2D eigenvalue weighted by atomic mass is 10.2. The summed E-state index contributed by atoms with van der Waals surface area (Å²) >= 11 is 0. The predicted molar refractivity (Wildman–Crippen MR) is 79.9 cm³/mol. The van der Waals surface area contributed by atoms with Crippen molar-refractivity contribution in [3.05, 3.63) is 12.4 Å². The summed E-state index contributed by atoms with van der Waals surface area (Å²) < 4.78 is 0. The van der Waals surface area contributed by atoms with E-state index in [1.54, 1.807) is 6.33 Å². The fraction of sp³-hybridized carbons (Fsp3) is 0.714. The van der Waals surface area contributed by atoms with Gasteiger partial charge in [0.15, 0.2) is 0 Å². The van der Waals surface area contributed by atoms with Crippen LogP contribution >= 0.6 is 0 Å². The van der Waals surface area contributed by atoms with Crippen molar-refractivity contribution in [1.29, 1.82) is 0 Å². The van der Waals surface area contributed by atoms with Crippen molar-refractivity contribution in [2.45, 2.75) is 38.8 Å². The first kappa shape index (κ1) is 14.1. The number of hydrogen-bond acceptors (Lipinski definition) is 5. The van der Waals surface area contributed by atoms with Crippen LogP contribution in [0.5, 0.6) is 0 Å². The third kappa shape index (κ3) is 3.56. The SMILES string of the molecule is CC(C)N(C)c1cc(N(C)CC2CCCN2)ncn1. The first-order chi connectivity index (χ1) is 9.08. The van der Waals surface area contributed by atoms with Gasteiger partial charge in [0.2, 0.25) is 0 Å². The molecule has 0 amide bonds. The largest absolute Gasteiger partial charge is 0.358 e. The van der Waals surface area contributed by atoms with Gasteiger partial charge in [0.25, 0.3) is 0 Å². The van der Waals surface area contributed by atoms with E-state index < -0.39 is 0 Å². The van der Waals surface area contributed by atoms with Gasteiger partial charge in [-0.05, 0) is 33.2 Å². The maximum absolute atomic E-state index is 4.38. The van der Waals surface area contributed by atoms with E-state index in [-0.39, 0.29) is 0 Å². The molecule has 1 unspecified atom stereocenters. The maximum Gasteiger partial charge on any atom is 0.134 e. The van der Waals surface area contributed by atoms with Gasteiger partial charge in [-0.15, -0.1) is 0 Å². The second-order valence-corrected chi connectivity index (χ2v) is 5.61. The average Bonchev–Trinajstić information content (AvgIpc) is 2.90. The molecule has 0 saturated carbocycles. The minimum atomic E-state index is 0.435. The van der Waals surface area contributed by atoms with E-state index in [4.69, 9.17) is 0 Å². The Balaban J connectivity index is 2.04. The van der Waals surface area contributed by atoms with Gasteiger partial charge in [0, 0.05) is 38.8 Å². The Labute approximate surface area is 116 Å². The summed E-state index contributed by atoms with van der Waals surface area (Å²) in [5.41, 5.74) is 0. The highest BCUT2D eigenvalue weighted by Gasteiger charge is 2.17. The number of nitrogens with zero attached hydrogens (tertiary/aromatic N) is 4. The van der Waals surface area contributed by atoms with Crippen molar-refractivity contribution < 1.29 is 0 Å². The van der Waals surface area contributed by atoms with Crippen LogP contribution in [-0.4, -0.2) is 49.2 Å². The van der Waals surface area contributed by atoms with E-state index in [9.17, 15) is 0 Å². The molecule has 1 fully saturated rings. The molecule has 1 aromatic rings. The Kier molecular flexibility index (Phi) is 4.58. The third-order valence-corrected chi connectivity index (χ3v) is 3.82. The average molecular weight is 263 g/mol. The van der Waals surface area contributed by atoms with E-state index >= 15 is 0 Å². The fourth-order valence-corrected chi connectivity index (χ4v) is 2.34. The zero-order valence-corrected chi connectivity index (χ0v) is 12.4. The molecule has 1 aliphatic heterocycles. The first-order valence-electron chi connectivity index (χ1n) is 7.07. The summed E-state index contributed by atoms with van der Waals surface area (Å²) in [6.07, 6.45) is 4.19. The van der Waals surface area contributed by atoms with Gasteiger partial charge in [-0.3, -0.25) is 0 Å². The van der Waals surface area contributed by atoms with Gasteiger partial charge in [-0.25, -0.2) is 9.97 Å². The molecule has 0 aliphatic carbocycles. The molecule has 19 heavy (non-hydrogen) atoms. The molecule has 0 radical (unpaired) electrons. The highest BCUT2D eigenvalue weighted by molar-refractivity contribution is 5.49. The van der Waals surface area contributed by atoms with Gasteiger partial charge in [0.05, 0.1) is 0 Å². The van der Waals surface area contributed by atoms with Crippen LogP contribution in [-0.2, 0) is 0 Å². The number of likely N-dealkylation sites (N-methyl/N-ethyl adjacent to an activating group) is 1. The van der Waals surface area contributed by atoms with E-state index in [2.05, 4.69) is 59.1 Å². The van der Waals surface area contributed by atoms with Crippen molar-refractivity contribution in [3.8, 4) is 0 Å². The van der Waals surface area contributed by atoms with Crippen molar-refractivity contribution in [2.24, 2.45) is 0 Å². The molecular weight excluding hydrogens is 238 g/mol. The zero-order chi connectivity index (χ0) is 13.8. The summed E-state index contributed by atoms with van der Waals surface area (Å²) in [4.78, 5) is 13.1. The molecule has 1 atom stereocenters. The van der Waals surface area contributed by atoms with Crippen LogP contribution < -0.4 is 15.1 Å². The topological polar surface area (TPSA) is 44.3 Å². The predicted octanol–water partition coefficient (Wildman–Crippen LogP) is 1.51. The molecule has 5 nitrogen and oxygen atoms in total. The lowest BCUT2D eigenvalue weighted by Crippen LogP contribution is -2.36. The monoisotopic (exact) mass is 263 g/mol. The van der Waals surface area contributed by atoms with Crippen LogP contribution in [0.15, 0.2) is 12.4 Å². The van der Waals surface area contributed by atoms with E-state index in [0.717, 1.165) is 24.7 Å². The van der Waals surface area contributed by atoms with Crippen LogP contribution in [0.4, 0.5) is 11.6 Å². The summed E-state index contributed by atoms with van der Waals surface area (Å²) in [6.45, 7) is 6.47. The molecule has 1 N–H and O–H groups in total. The van der Waals surface area contributed by atoms with E-state index in [1.165, 1.54) is 12.8 Å². The van der Waals surface area contributed by atoms with Crippen molar-refractivity contribution in [1.82, 2.24) is 15.3 Å². The van der Waals surface area contributed by atoms with Gasteiger partial charge in [-0.2, -0.15) is 0 Å². The number of hydrogen-bond donors (Lipinski definition) is 1. The van der Waals surface area contributed by atoms with Crippen LogP contribution in [0.3, 0.4) is 0 Å². The second kappa shape index (κ2) is 6.19. The van der Waals surface area contributed by atoms with Crippen molar-refractivity contribution in [2.75, 3.05) is 37.0 Å². The molecular formula is C14H25N5.